The average molecular weight is 558 g/mol. The van der Waals surface area contributed by atoms with Gasteiger partial charge < -0.3 is 19.8 Å². The summed E-state index contributed by atoms with van der Waals surface area (Å²) in [4.78, 5) is 47.0. The fourth-order valence-corrected chi connectivity index (χ4v) is 4.38. The number of ether oxygens (including phenoxy) is 1. The van der Waals surface area contributed by atoms with Crippen LogP contribution in [0.4, 0.5) is 16.5 Å². The Balaban J connectivity index is 1.42. The maximum atomic E-state index is 13.1. The monoisotopic (exact) mass is 557 g/mol. The van der Waals surface area contributed by atoms with E-state index in [1.54, 1.807) is 46.0 Å². The molecule has 2 aromatic heterocycles. The minimum absolute atomic E-state index is 0.0529. The van der Waals surface area contributed by atoms with Gasteiger partial charge in [-0.25, -0.2) is 9.59 Å². The zero-order chi connectivity index (χ0) is 29.4. The lowest BCUT2D eigenvalue weighted by atomic mass is 9.94. The highest BCUT2D eigenvalue weighted by molar-refractivity contribution is 5.93. The van der Waals surface area contributed by atoms with Crippen LogP contribution < -0.4 is 21.6 Å². The predicted molar refractivity (Wildman–Crippen MR) is 158 cm³/mol. The Hall–Kier alpha value is -4.73. The predicted octanol–water partition coefficient (Wildman–Crippen LogP) is 5.18. The molecule has 2 heterocycles. The molecule has 41 heavy (non-hydrogen) atoms. The molecule has 0 aliphatic heterocycles. The molecule has 0 fully saturated rings. The van der Waals surface area contributed by atoms with Crippen molar-refractivity contribution in [3.63, 3.8) is 0 Å². The van der Waals surface area contributed by atoms with Crippen molar-refractivity contribution in [1.82, 2.24) is 15.3 Å². The quantitative estimate of drug-likeness (QED) is 0.243. The Kier molecular flexibility index (Phi) is 9.34. The minimum atomic E-state index is -0.657. The van der Waals surface area contributed by atoms with Crippen molar-refractivity contribution in [1.29, 1.82) is 0 Å². The second-order valence-electron chi connectivity index (χ2n) is 10.6. The molecular weight excluding hydrogens is 522 g/mol. The largest absolute Gasteiger partial charge is 0.444 e. The molecule has 0 spiro atoms. The number of fused-ring (bicyclic) bond motifs is 1. The normalized spacial score (nSPS) is 12.0. The fourth-order valence-electron chi connectivity index (χ4n) is 4.38. The number of pyridine rings is 1. The maximum absolute atomic E-state index is 13.1. The van der Waals surface area contributed by atoms with E-state index in [2.05, 4.69) is 25.9 Å². The standard InChI is InChI=1S/C31H35N5O5/c1-20-24(36-30(39)41-31(2,3)4)13-14-25-26(20)28(38)40-29(35-25)34-19-16-23(21-10-6-5-7-11-21)27(37)33-18-15-22-12-8-9-17-32-22/h5-14,17,23H,15-16,18-19H2,1-4H3,(H,33,37)(H,34,35)(H,36,39). The molecule has 1 atom stereocenters. The molecular formula is C31H35N5O5. The lowest BCUT2D eigenvalue weighted by Crippen LogP contribution is -2.32. The van der Waals surface area contributed by atoms with E-state index in [-0.39, 0.29) is 17.3 Å². The first kappa shape index (κ1) is 29.3. The molecule has 0 aliphatic rings. The fraction of sp³-hybridized carbons (Fsp3) is 0.323. The molecule has 0 radical (unpaired) electrons. The number of amides is 2. The van der Waals surface area contributed by atoms with Gasteiger partial charge in [0.25, 0.3) is 6.01 Å². The van der Waals surface area contributed by atoms with Gasteiger partial charge in [0, 0.05) is 37.1 Å². The van der Waals surface area contributed by atoms with Crippen LogP contribution >= 0.6 is 0 Å². The number of anilines is 2. The SMILES string of the molecule is Cc1c(NC(=O)OC(C)(C)C)ccc2nc(NCCC(C(=O)NCCc3ccccn3)c3ccccc3)oc(=O)c12. The van der Waals surface area contributed by atoms with Crippen LogP contribution in [0.15, 0.2) is 76.1 Å². The second-order valence-corrected chi connectivity index (χ2v) is 10.6. The third-order valence-electron chi connectivity index (χ3n) is 6.33. The zero-order valence-corrected chi connectivity index (χ0v) is 23.7. The second kappa shape index (κ2) is 13.1. The number of nitrogens with zero attached hydrogens (tertiary/aromatic N) is 2. The Morgan fingerprint density at radius 3 is 2.46 bits per heavy atom. The van der Waals surface area contributed by atoms with Gasteiger partial charge in [0.05, 0.1) is 16.8 Å². The lowest BCUT2D eigenvalue weighted by Gasteiger charge is -2.20. The molecule has 3 N–H and O–H groups in total. The Morgan fingerprint density at radius 2 is 1.76 bits per heavy atom. The van der Waals surface area contributed by atoms with Gasteiger partial charge in [-0.2, -0.15) is 4.98 Å². The zero-order valence-electron chi connectivity index (χ0n) is 23.7. The Bertz CT molecular complexity index is 1550. The van der Waals surface area contributed by atoms with Gasteiger partial charge in [-0.3, -0.25) is 15.1 Å². The van der Waals surface area contributed by atoms with Crippen LogP contribution in [0, 0.1) is 6.92 Å². The van der Waals surface area contributed by atoms with Crippen LogP contribution in [0.2, 0.25) is 0 Å². The van der Waals surface area contributed by atoms with Crippen LogP contribution in [-0.2, 0) is 16.0 Å². The number of hydrogen-bond donors (Lipinski definition) is 3. The van der Waals surface area contributed by atoms with Crippen molar-refractivity contribution in [3.8, 4) is 0 Å². The van der Waals surface area contributed by atoms with E-state index in [4.69, 9.17) is 9.15 Å². The minimum Gasteiger partial charge on any atom is -0.444 e. The van der Waals surface area contributed by atoms with Crippen molar-refractivity contribution in [2.75, 3.05) is 23.7 Å². The molecule has 4 aromatic rings. The number of hydrogen-bond acceptors (Lipinski definition) is 8. The first-order valence-electron chi connectivity index (χ1n) is 13.5. The van der Waals surface area contributed by atoms with Crippen LogP contribution in [0.1, 0.15) is 49.9 Å². The van der Waals surface area contributed by atoms with Gasteiger partial charge in [0.2, 0.25) is 5.91 Å². The van der Waals surface area contributed by atoms with E-state index in [1.165, 1.54) is 0 Å². The smallest absolute Gasteiger partial charge is 0.412 e. The number of carbonyl (C=O) groups excluding carboxylic acids is 2. The van der Waals surface area contributed by atoms with Gasteiger partial charge in [0.15, 0.2) is 0 Å². The van der Waals surface area contributed by atoms with Gasteiger partial charge in [-0.05, 0) is 69.5 Å². The molecule has 0 saturated carbocycles. The van der Waals surface area contributed by atoms with Crippen molar-refractivity contribution in [3.05, 3.63) is 94.1 Å². The topological polar surface area (TPSA) is 135 Å². The van der Waals surface area contributed by atoms with Crippen LogP contribution in [0.25, 0.3) is 10.9 Å². The third kappa shape index (κ3) is 8.14. The number of benzene rings is 2. The van der Waals surface area contributed by atoms with Crippen LogP contribution in [0.5, 0.6) is 0 Å². The summed E-state index contributed by atoms with van der Waals surface area (Å²) in [5.41, 5.74) is 1.92. The highest BCUT2D eigenvalue weighted by Gasteiger charge is 2.21. The van der Waals surface area contributed by atoms with E-state index < -0.39 is 23.2 Å². The average Bonchev–Trinajstić information content (AvgIpc) is 2.92. The van der Waals surface area contributed by atoms with Gasteiger partial charge in [-0.1, -0.05) is 36.4 Å². The molecule has 1 unspecified atom stereocenters. The van der Waals surface area contributed by atoms with Gasteiger partial charge >= 0.3 is 11.7 Å². The molecule has 0 aliphatic carbocycles. The van der Waals surface area contributed by atoms with Crippen molar-refractivity contribution in [2.45, 2.75) is 52.1 Å². The number of nitrogens with one attached hydrogen (secondary N) is 3. The molecule has 10 nitrogen and oxygen atoms in total. The van der Waals surface area contributed by atoms with E-state index in [0.29, 0.717) is 42.7 Å². The summed E-state index contributed by atoms with van der Waals surface area (Å²) < 4.78 is 10.7. The van der Waals surface area contributed by atoms with Crippen molar-refractivity contribution < 1.29 is 18.7 Å². The first-order valence-corrected chi connectivity index (χ1v) is 13.5. The summed E-state index contributed by atoms with van der Waals surface area (Å²) in [6, 6.07) is 18.6. The molecule has 2 amide bonds. The number of aryl methyl sites for hydroxylation is 1. The Labute approximate surface area is 238 Å². The van der Waals surface area contributed by atoms with Gasteiger partial charge in [-0.15, -0.1) is 0 Å². The summed E-state index contributed by atoms with van der Waals surface area (Å²) in [6.45, 7) is 7.82. The Morgan fingerprint density at radius 1 is 1.00 bits per heavy atom. The summed E-state index contributed by atoms with van der Waals surface area (Å²) in [7, 11) is 0. The van der Waals surface area contributed by atoms with E-state index in [9.17, 15) is 14.4 Å². The summed E-state index contributed by atoms with van der Waals surface area (Å²) in [6.07, 6.45) is 2.19. The van der Waals surface area contributed by atoms with E-state index in [1.807, 2.05) is 48.5 Å². The maximum Gasteiger partial charge on any atom is 0.412 e. The van der Waals surface area contributed by atoms with E-state index >= 15 is 0 Å². The van der Waals surface area contributed by atoms with Crippen molar-refractivity contribution >= 4 is 34.6 Å². The van der Waals surface area contributed by atoms with Crippen LogP contribution in [0.3, 0.4) is 0 Å². The summed E-state index contributed by atoms with van der Waals surface area (Å²) in [5.74, 6) is -0.508. The lowest BCUT2D eigenvalue weighted by molar-refractivity contribution is -0.122. The number of rotatable bonds is 10. The summed E-state index contributed by atoms with van der Waals surface area (Å²) >= 11 is 0. The van der Waals surface area contributed by atoms with E-state index in [0.717, 1.165) is 11.3 Å². The third-order valence-corrected chi connectivity index (χ3v) is 6.33. The molecule has 0 bridgehead atoms. The molecule has 10 heteroatoms. The van der Waals surface area contributed by atoms with Gasteiger partial charge in [0.1, 0.15) is 5.60 Å². The molecule has 214 valence electrons. The van der Waals surface area contributed by atoms with Crippen LogP contribution in [-0.4, -0.2) is 40.7 Å². The number of aromatic nitrogens is 2. The molecule has 0 saturated heterocycles. The van der Waals surface area contributed by atoms with Crippen molar-refractivity contribution in [2.24, 2.45) is 0 Å². The molecule has 4 rings (SSSR count). The molecule has 2 aromatic carbocycles. The number of carbonyl (C=O) groups is 2. The highest BCUT2D eigenvalue weighted by Crippen LogP contribution is 2.24. The summed E-state index contributed by atoms with van der Waals surface area (Å²) in [5, 5.41) is 9.00. The first-order chi connectivity index (χ1) is 19.6. The highest BCUT2D eigenvalue weighted by atomic mass is 16.6.